The Bertz CT molecular complexity index is 1370. The van der Waals surface area contributed by atoms with Crippen LogP contribution < -0.4 is 10.1 Å². The van der Waals surface area contributed by atoms with E-state index in [0.29, 0.717) is 53.3 Å². The second-order valence-corrected chi connectivity index (χ2v) is 11.0. The average Bonchev–Trinajstić information content (AvgIpc) is 3.57. The molecule has 0 bridgehead atoms. The second kappa shape index (κ2) is 12.9. The molecule has 1 aromatic carbocycles. The minimum atomic E-state index is -0.499. The molecule has 0 radical (unpaired) electrons. The molecule has 200 valence electrons. The molecule has 0 aliphatic carbocycles. The Hall–Kier alpha value is -3.34. The summed E-state index contributed by atoms with van der Waals surface area (Å²) in [5.74, 6) is -0.0391. The van der Waals surface area contributed by atoms with Crippen molar-refractivity contribution in [3.63, 3.8) is 0 Å². The maximum atomic E-state index is 14.9. The zero-order valence-corrected chi connectivity index (χ0v) is 23.4. The molecule has 7 nitrogen and oxygen atoms in total. The molecule has 38 heavy (non-hydrogen) atoms. The van der Waals surface area contributed by atoms with Crippen molar-refractivity contribution >= 4 is 39.6 Å². The van der Waals surface area contributed by atoms with E-state index >= 15 is 0 Å². The minimum absolute atomic E-state index is 0.196. The highest BCUT2D eigenvalue weighted by Gasteiger charge is 2.20. The molecule has 0 fully saturated rings. The van der Waals surface area contributed by atoms with Crippen LogP contribution in [0.4, 0.5) is 15.3 Å². The number of halogens is 1. The zero-order valence-electron chi connectivity index (χ0n) is 21.7. The Labute approximate surface area is 229 Å². The molecule has 0 unspecified atom stereocenters. The first kappa shape index (κ1) is 27.7. The second-order valence-electron chi connectivity index (χ2n) is 8.94. The van der Waals surface area contributed by atoms with Crippen molar-refractivity contribution in [2.75, 3.05) is 32.8 Å². The van der Waals surface area contributed by atoms with Crippen LogP contribution in [0.3, 0.4) is 0 Å². The third kappa shape index (κ3) is 6.75. The fourth-order valence-corrected chi connectivity index (χ4v) is 5.70. The number of methoxy groups -OCH3 is 2. The SMILES string of the molecule is COCCCOc1ccc(-c2nc(Nc3ncc(-c4cccs4)cc3C(=O)OC)sc2CC(C)C)cc1F. The number of pyridine rings is 1. The number of nitrogens with zero attached hydrogens (tertiary/aromatic N) is 2. The van der Waals surface area contributed by atoms with E-state index in [-0.39, 0.29) is 5.75 Å². The maximum absolute atomic E-state index is 14.9. The number of thiophene rings is 1. The predicted octanol–water partition coefficient (Wildman–Crippen LogP) is 7.22. The topological polar surface area (TPSA) is 82.6 Å². The van der Waals surface area contributed by atoms with Gasteiger partial charge in [-0.25, -0.2) is 19.2 Å². The molecule has 0 atom stereocenters. The number of hydrogen-bond acceptors (Lipinski definition) is 9. The Morgan fingerprint density at radius 2 is 1.97 bits per heavy atom. The number of anilines is 2. The number of benzene rings is 1. The van der Waals surface area contributed by atoms with Crippen LogP contribution in [0.1, 0.15) is 35.5 Å². The molecular formula is C28H30FN3O4S2. The van der Waals surface area contributed by atoms with Gasteiger partial charge in [-0.2, -0.15) is 0 Å². The number of rotatable bonds is 12. The summed E-state index contributed by atoms with van der Waals surface area (Å²) in [5, 5.41) is 5.72. The number of nitrogens with one attached hydrogen (secondary N) is 1. The number of carbonyl (C=O) groups excluding carboxylic acids is 1. The highest BCUT2D eigenvalue weighted by molar-refractivity contribution is 7.16. The van der Waals surface area contributed by atoms with Gasteiger partial charge >= 0.3 is 5.97 Å². The number of thiazole rings is 1. The van der Waals surface area contributed by atoms with Gasteiger partial charge < -0.3 is 19.5 Å². The average molecular weight is 556 g/mol. The molecule has 4 rings (SSSR count). The van der Waals surface area contributed by atoms with Crippen molar-refractivity contribution < 1.29 is 23.4 Å². The van der Waals surface area contributed by atoms with Gasteiger partial charge in [-0.15, -0.1) is 22.7 Å². The van der Waals surface area contributed by atoms with E-state index in [0.717, 1.165) is 21.7 Å². The minimum Gasteiger partial charge on any atom is -0.490 e. The van der Waals surface area contributed by atoms with Crippen LogP contribution in [0, 0.1) is 11.7 Å². The number of hydrogen-bond donors (Lipinski definition) is 1. The summed E-state index contributed by atoms with van der Waals surface area (Å²) in [4.78, 5) is 23.9. The summed E-state index contributed by atoms with van der Waals surface area (Å²) in [6.45, 7) is 5.16. The van der Waals surface area contributed by atoms with Crippen LogP contribution >= 0.6 is 22.7 Å². The molecule has 0 aliphatic rings. The van der Waals surface area contributed by atoms with E-state index in [1.54, 1.807) is 36.8 Å². The van der Waals surface area contributed by atoms with Crippen LogP contribution in [0.25, 0.3) is 21.7 Å². The van der Waals surface area contributed by atoms with E-state index in [2.05, 4.69) is 24.1 Å². The fourth-order valence-electron chi connectivity index (χ4n) is 3.80. The van der Waals surface area contributed by atoms with Crippen LogP contribution in [-0.2, 0) is 15.9 Å². The molecule has 0 aliphatic heterocycles. The predicted molar refractivity (Wildman–Crippen MR) is 150 cm³/mol. The van der Waals surface area contributed by atoms with Crippen molar-refractivity contribution in [2.24, 2.45) is 5.92 Å². The standard InChI is InChI=1S/C28H30FN3O4S2/c1-17(2)13-24-25(18-8-9-22(21(29)15-18)36-11-6-10-34-3)31-28(38-24)32-26-20(27(33)35-4)14-19(16-30-26)23-7-5-12-37-23/h5,7-9,12,14-17H,6,10-11,13H2,1-4H3,(H,30,31,32). The van der Waals surface area contributed by atoms with Gasteiger partial charge in [-0.05, 0) is 48.1 Å². The molecule has 0 spiro atoms. The van der Waals surface area contributed by atoms with Crippen molar-refractivity contribution in [3.8, 4) is 27.4 Å². The fraction of sp³-hybridized carbons (Fsp3) is 0.321. The third-order valence-corrected chi connectivity index (χ3v) is 7.48. The van der Waals surface area contributed by atoms with Crippen molar-refractivity contribution in [3.05, 3.63) is 64.2 Å². The monoisotopic (exact) mass is 555 g/mol. The normalized spacial score (nSPS) is 11.1. The van der Waals surface area contributed by atoms with Crippen LogP contribution in [0.5, 0.6) is 5.75 Å². The summed E-state index contributed by atoms with van der Waals surface area (Å²) in [5.41, 5.74) is 2.47. The van der Waals surface area contributed by atoms with E-state index in [9.17, 15) is 9.18 Å². The Balaban J connectivity index is 1.64. The number of ether oxygens (including phenoxy) is 3. The van der Waals surface area contributed by atoms with Gasteiger partial charge in [0.15, 0.2) is 16.7 Å². The van der Waals surface area contributed by atoms with Crippen molar-refractivity contribution in [2.45, 2.75) is 26.7 Å². The van der Waals surface area contributed by atoms with Gasteiger partial charge in [0.2, 0.25) is 0 Å². The largest absolute Gasteiger partial charge is 0.490 e. The molecule has 10 heteroatoms. The zero-order chi connectivity index (χ0) is 27.1. The first-order valence-electron chi connectivity index (χ1n) is 12.2. The van der Waals surface area contributed by atoms with Gasteiger partial charge in [-0.3, -0.25) is 0 Å². The lowest BCUT2D eigenvalue weighted by atomic mass is 10.0. The van der Waals surface area contributed by atoms with Crippen LogP contribution in [0.15, 0.2) is 48.0 Å². The molecule has 3 aromatic heterocycles. The number of carbonyl (C=O) groups is 1. The van der Waals surface area contributed by atoms with Gasteiger partial charge in [0, 0.05) is 47.2 Å². The smallest absolute Gasteiger partial charge is 0.341 e. The molecule has 0 saturated carbocycles. The van der Waals surface area contributed by atoms with Crippen molar-refractivity contribution in [1.82, 2.24) is 9.97 Å². The molecule has 3 heterocycles. The Morgan fingerprint density at radius 3 is 2.66 bits per heavy atom. The highest BCUT2D eigenvalue weighted by atomic mass is 32.1. The van der Waals surface area contributed by atoms with Crippen LogP contribution in [0.2, 0.25) is 0 Å². The van der Waals surface area contributed by atoms with E-state index in [1.165, 1.54) is 24.5 Å². The lowest BCUT2D eigenvalue weighted by Crippen LogP contribution is -2.07. The van der Waals surface area contributed by atoms with Gasteiger partial charge in [0.25, 0.3) is 0 Å². The lowest BCUT2D eigenvalue weighted by Gasteiger charge is -2.09. The summed E-state index contributed by atoms with van der Waals surface area (Å²) >= 11 is 3.02. The third-order valence-electron chi connectivity index (χ3n) is 5.57. The van der Waals surface area contributed by atoms with Gasteiger partial charge in [-0.1, -0.05) is 19.9 Å². The van der Waals surface area contributed by atoms with E-state index in [1.807, 2.05) is 23.6 Å². The van der Waals surface area contributed by atoms with Crippen LogP contribution in [-0.4, -0.2) is 43.4 Å². The molecular weight excluding hydrogens is 525 g/mol. The summed E-state index contributed by atoms with van der Waals surface area (Å²) < 4.78 is 30.4. The summed E-state index contributed by atoms with van der Waals surface area (Å²) in [6.07, 6.45) is 3.15. The first-order chi connectivity index (χ1) is 18.4. The molecule has 0 saturated heterocycles. The summed E-state index contributed by atoms with van der Waals surface area (Å²) in [6, 6.07) is 10.6. The number of esters is 1. The quantitative estimate of drug-likeness (QED) is 0.146. The Morgan fingerprint density at radius 1 is 1.13 bits per heavy atom. The van der Waals surface area contributed by atoms with Gasteiger partial charge in [0.05, 0.1) is 19.4 Å². The Kier molecular flexibility index (Phi) is 9.43. The van der Waals surface area contributed by atoms with E-state index in [4.69, 9.17) is 19.2 Å². The van der Waals surface area contributed by atoms with E-state index < -0.39 is 11.8 Å². The highest BCUT2D eigenvalue weighted by Crippen LogP contribution is 2.37. The van der Waals surface area contributed by atoms with Crippen molar-refractivity contribution in [1.29, 1.82) is 0 Å². The molecule has 1 N–H and O–H groups in total. The first-order valence-corrected chi connectivity index (χ1v) is 13.9. The summed E-state index contributed by atoms with van der Waals surface area (Å²) in [7, 11) is 2.96. The molecule has 4 aromatic rings. The number of aromatic nitrogens is 2. The van der Waals surface area contributed by atoms with Gasteiger partial charge in [0.1, 0.15) is 11.4 Å². The lowest BCUT2D eigenvalue weighted by molar-refractivity contribution is 0.0601. The maximum Gasteiger partial charge on any atom is 0.341 e. The molecule has 0 amide bonds.